The molecule has 21 heavy (non-hydrogen) atoms. The minimum absolute atomic E-state index is 0.0214. The Balaban J connectivity index is 3.11. The molecule has 0 aliphatic heterocycles. The first-order valence-corrected chi connectivity index (χ1v) is 9.44. The van der Waals surface area contributed by atoms with Gasteiger partial charge in [-0.25, -0.2) is 8.42 Å². The number of benzene rings is 1. The van der Waals surface area contributed by atoms with E-state index in [4.69, 9.17) is 33.9 Å². The van der Waals surface area contributed by atoms with Crippen LogP contribution in [-0.2, 0) is 9.05 Å². The monoisotopic (exact) mass is 371 g/mol. The van der Waals surface area contributed by atoms with Gasteiger partial charge in [-0.05, 0) is 18.6 Å². The lowest BCUT2D eigenvalue weighted by Gasteiger charge is -2.18. The van der Waals surface area contributed by atoms with Crippen molar-refractivity contribution in [2.75, 3.05) is 13.6 Å². The van der Waals surface area contributed by atoms with Gasteiger partial charge in [-0.1, -0.05) is 43.0 Å². The summed E-state index contributed by atoms with van der Waals surface area (Å²) in [6.45, 7) is 2.62. The molecule has 1 aromatic rings. The van der Waals surface area contributed by atoms with E-state index in [9.17, 15) is 13.2 Å². The van der Waals surface area contributed by atoms with E-state index in [0.717, 1.165) is 31.4 Å². The van der Waals surface area contributed by atoms with Crippen LogP contribution in [0.1, 0.15) is 36.5 Å². The number of amides is 1. The Morgan fingerprint density at radius 1 is 1.24 bits per heavy atom. The number of unbranched alkanes of at least 4 members (excludes halogenated alkanes) is 2. The van der Waals surface area contributed by atoms with Gasteiger partial charge in [0.2, 0.25) is 0 Å². The number of halogens is 3. The molecule has 1 aromatic carbocycles. The molecule has 0 radical (unpaired) electrons. The molecule has 8 heteroatoms. The van der Waals surface area contributed by atoms with E-state index in [1.54, 1.807) is 7.05 Å². The summed E-state index contributed by atoms with van der Waals surface area (Å²) in [6.07, 6.45) is 2.90. The van der Waals surface area contributed by atoms with Gasteiger partial charge in [-0.3, -0.25) is 4.79 Å². The fourth-order valence-electron chi connectivity index (χ4n) is 1.77. The summed E-state index contributed by atoms with van der Waals surface area (Å²) in [5, 5.41) is -0.00299. The first-order valence-electron chi connectivity index (χ1n) is 6.37. The lowest BCUT2D eigenvalue weighted by Crippen LogP contribution is -2.28. The van der Waals surface area contributed by atoms with Crippen molar-refractivity contribution in [3.63, 3.8) is 0 Å². The molecule has 118 valence electrons. The number of rotatable bonds is 6. The van der Waals surface area contributed by atoms with Crippen LogP contribution < -0.4 is 0 Å². The zero-order valence-corrected chi connectivity index (χ0v) is 14.8. The highest BCUT2D eigenvalue weighted by Gasteiger charge is 2.21. The van der Waals surface area contributed by atoms with Crippen LogP contribution in [0, 0.1) is 0 Å². The zero-order valence-electron chi connectivity index (χ0n) is 11.7. The van der Waals surface area contributed by atoms with Crippen molar-refractivity contribution in [2.45, 2.75) is 31.1 Å². The average Bonchev–Trinajstić information content (AvgIpc) is 2.39. The Bertz CT molecular complexity index is 632. The minimum atomic E-state index is -3.99. The second kappa shape index (κ2) is 7.68. The third-order valence-corrected chi connectivity index (χ3v) is 5.09. The van der Waals surface area contributed by atoms with E-state index in [2.05, 4.69) is 6.92 Å². The Kier molecular flexibility index (Phi) is 6.78. The smallest absolute Gasteiger partial charge is 0.261 e. The fraction of sp³-hybridized carbons (Fsp3) is 0.462. The second-order valence-corrected chi connectivity index (χ2v) is 7.99. The van der Waals surface area contributed by atoms with Crippen LogP contribution in [0.3, 0.4) is 0 Å². The summed E-state index contributed by atoms with van der Waals surface area (Å²) in [5.74, 6) is -0.389. The van der Waals surface area contributed by atoms with E-state index in [1.165, 1.54) is 4.90 Å². The standard InChI is InChI=1S/C13H16Cl3NO3S/c1-3-4-5-6-17(2)13(18)10-7-9(21(16,19)20)8-11(14)12(10)15/h7-8H,3-6H2,1-2H3. The van der Waals surface area contributed by atoms with Crippen molar-refractivity contribution in [1.29, 1.82) is 0 Å². The van der Waals surface area contributed by atoms with Gasteiger partial charge in [0, 0.05) is 24.3 Å². The van der Waals surface area contributed by atoms with Gasteiger partial charge < -0.3 is 4.90 Å². The van der Waals surface area contributed by atoms with Gasteiger partial charge in [0.15, 0.2) is 0 Å². The Hall–Kier alpha value is -0.490. The number of hydrogen-bond acceptors (Lipinski definition) is 3. The first kappa shape index (κ1) is 18.6. The molecule has 0 saturated carbocycles. The quantitative estimate of drug-likeness (QED) is 0.556. The Morgan fingerprint density at radius 3 is 2.38 bits per heavy atom. The lowest BCUT2D eigenvalue weighted by atomic mass is 10.2. The van der Waals surface area contributed by atoms with Crippen LogP contribution in [0.4, 0.5) is 0 Å². The van der Waals surface area contributed by atoms with E-state index < -0.39 is 9.05 Å². The molecule has 4 nitrogen and oxygen atoms in total. The van der Waals surface area contributed by atoms with Crippen molar-refractivity contribution >= 4 is 48.8 Å². The zero-order chi connectivity index (χ0) is 16.2. The molecule has 0 bridgehead atoms. The van der Waals surface area contributed by atoms with Crippen LogP contribution in [-0.4, -0.2) is 32.8 Å². The SMILES string of the molecule is CCCCCN(C)C(=O)c1cc(S(=O)(=O)Cl)cc(Cl)c1Cl. The predicted octanol–water partition coefficient (Wildman–Crippen LogP) is 4.18. The first-order chi connectivity index (χ1) is 9.68. The number of carbonyl (C=O) groups excluding carboxylic acids is 1. The fourth-order valence-corrected chi connectivity index (χ4v) is 3.03. The summed E-state index contributed by atoms with van der Waals surface area (Å²) in [5.41, 5.74) is 0.0300. The molecule has 0 atom stereocenters. The molecule has 1 amide bonds. The summed E-state index contributed by atoms with van der Waals surface area (Å²) in [7, 11) is 2.93. The minimum Gasteiger partial charge on any atom is -0.342 e. The van der Waals surface area contributed by atoms with Crippen molar-refractivity contribution in [3.8, 4) is 0 Å². The van der Waals surface area contributed by atoms with E-state index in [1.807, 2.05) is 0 Å². The van der Waals surface area contributed by atoms with E-state index in [-0.39, 0.29) is 26.4 Å². The van der Waals surface area contributed by atoms with Crippen molar-refractivity contribution in [3.05, 3.63) is 27.7 Å². The molecule has 0 heterocycles. The Labute approximate surface area is 139 Å². The molecule has 0 N–H and O–H groups in total. The Morgan fingerprint density at radius 2 is 1.86 bits per heavy atom. The molecule has 0 aliphatic rings. The summed E-state index contributed by atoms with van der Waals surface area (Å²) < 4.78 is 22.8. The molecule has 0 saturated heterocycles. The maximum absolute atomic E-state index is 12.3. The van der Waals surface area contributed by atoms with E-state index in [0.29, 0.717) is 6.54 Å². The molecular formula is C13H16Cl3NO3S. The highest BCUT2D eigenvalue weighted by atomic mass is 35.7. The molecule has 0 unspecified atom stereocenters. The van der Waals surface area contributed by atoms with Crippen LogP contribution in [0.15, 0.2) is 17.0 Å². The molecule has 0 aliphatic carbocycles. The van der Waals surface area contributed by atoms with Gasteiger partial charge in [0.25, 0.3) is 15.0 Å². The largest absolute Gasteiger partial charge is 0.342 e. The number of carbonyl (C=O) groups is 1. The third-order valence-electron chi connectivity index (χ3n) is 2.96. The van der Waals surface area contributed by atoms with Crippen molar-refractivity contribution in [2.24, 2.45) is 0 Å². The second-order valence-electron chi connectivity index (χ2n) is 4.64. The van der Waals surface area contributed by atoms with Gasteiger partial charge in [-0.15, -0.1) is 0 Å². The van der Waals surface area contributed by atoms with Gasteiger partial charge in [-0.2, -0.15) is 0 Å². The third kappa shape index (κ3) is 5.02. The van der Waals surface area contributed by atoms with Crippen LogP contribution >= 0.6 is 33.9 Å². The molecular weight excluding hydrogens is 357 g/mol. The van der Waals surface area contributed by atoms with Crippen molar-refractivity contribution < 1.29 is 13.2 Å². The molecule has 1 rings (SSSR count). The van der Waals surface area contributed by atoms with Crippen LogP contribution in [0.25, 0.3) is 0 Å². The average molecular weight is 373 g/mol. The predicted molar refractivity (Wildman–Crippen MR) is 86.0 cm³/mol. The van der Waals surface area contributed by atoms with Gasteiger partial charge in [0.1, 0.15) is 0 Å². The lowest BCUT2D eigenvalue weighted by molar-refractivity contribution is 0.0792. The summed E-state index contributed by atoms with van der Waals surface area (Å²) >= 11 is 11.9. The highest BCUT2D eigenvalue weighted by Crippen LogP contribution is 2.31. The molecule has 0 spiro atoms. The molecule has 0 fully saturated rings. The summed E-state index contributed by atoms with van der Waals surface area (Å²) in [4.78, 5) is 13.6. The normalized spacial score (nSPS) is 11.5. The molecule has 0 aromatic heterocycles. The van der Waals surface area contributed by atoms with Crippen LogP contribution in [0.2, 0.25) is 10.0 Å². The van der Waals surface area contributed by atoms with Crippen LogP contribution in [0.5, 0.6) is 0 Å². The topological polar surface area (TPSA) is 54.5 Å². The number of nitrogens with zero attached hydrogens (tertiary/aromatic N) is 1. The van der Waals surface area contributed by atoms with Crippen molar-refractivity contribution in [1.82, 2.24) is 4.90 Å². The van der Waals surface area contributed by atoms with E-state index >= 15 is 0 Å². The maximum Gasteiger partial charge on any atom is 0.261 e. The van der Waals surface area contributed by atoms with Gasteiger partial charge >= 0.3 is 0 Å². The maximum atomic E-state index is 12.3. The van der Waals surface area contributed by atoms with Gasteiger partial charge in [0.05, 0.1) is 20.5 Å². The highest BCUT2D eigenvalue weighted by molar-refractivity contribution is 8.13. The summed E-state index contributed by atoms with van der Waals surface area (Å²) in [6, 6.07) is 2.27. The number of hydrogen-bond donors (Lipinski definition) is 0.